The highest BCUT2D eigenvalue weighted by molar-refractivity contribution is 5.95. The molecule has 0 bridgehead atoms. The third-order valence-corrected chi connectivity index (χ3v) is 13.4. The van der Waals surface area contributed by atoms with E-state index < -0.39 is 0 Å². The van der Waals surface area contributed by atoms with Crippen LogP contribution in [0.2, 0.25) is 0 Å². The molecular weight excluding hydrogens is 498 g/mol. The Labute approximate surface area is 242 Å². The van der Waals surface area contributed by atoms with Gasteiger partial charge in [-0.1, -0.05) is 38.8 Å². The summed E-state index contributed by atoms with van der Waals surface area (Å²) in [5.41, 5.74) is 12.1. The first kappa shape index (κ1) is 30.0. The van der Waals surface area contributed by atoms with Crippen molar-refractivity contribution >= 4 is 11.8 Å². The number of allylic oxidation sites excluding steroid dienone is 3. The Morgan fingerprint density at radius 3 is 2.33 bits per heavy atom. The van der Waals surface area contributed by atoms with Crippen LogP contribution in [0.1, 0.15) is 120 Å². The van der Waals surface area contributed by atoms with E-state index in [1.54, 1.807) is 6.92 Å². The quantitative estimate of drug-likeness (QED) is 0.225. The molecular formula is C35H55NO4. The summed E-state index contributed by atoms with van der Waals surface area (Å²) in [5, 5.41) is 10.8. The molecule has 5 fully saturated rings. The minimum atomic E-state index is -0.358. The van der Waals surface area contributed by atoms with Gasteiger partial charge >= 0.3 is 5.97 Å². The molecule has 0 heterocycles. The number of Topliss-reactive ketones (excluding diaryl/α,β-unsaturated/α-hetero) is 1. The van der Waals surface area contributed by atoms with Crippen molar-refractivity contribution in [3.8, 4) is 0 Å². The van der Waals surface area contributed by atoms with E-state index in [1.807, 2.05) is 0 Å². The summed E-state index contributed by atoms with van der Waals surface area (Å²) in [7, 11) is 0. The van der Waals surface area contributed by atoms with Crippen LogP contribution in [0.25, 0.3) is 0 Å². The van der Waals surface area contributed by atoms with Crippen LogP contribution in [0.5, 0.6) is 0 Å². The number of ketones is 1. The van der Waals surface area contributed by atoms with Gasteiger partial charge in [0.05, 0.1) is 6.10 Å². The zero-order valence-electron chi connectivity index (χ0n) is 26.4. The highest BCUT2D eigenvalue weighted by atomic mass is 16.5. The number of esters is 1. The van der Waals surface area contributed by atoms with Crippen LogP contribution in [0.3, 0.4) is 0 Å². The maximum absolute atomic E-state index is 13.6. The molecule has 5 aliphatic carbocycles. The SMILES string of the molecule is CC(=O)O[C@H]1C[C@@]2(C)[C@@H](C[C@H](N)[C@H]3[C@@]4(C)CC[C@@H](O)[C@@H](C)[C@@H]4CC[C@@]32C)/C1=C(/C(C)=O)C1CCCC(=C(C)C)C1. The number of ether oxygens (including phenoxy) is 1. The van der Waals surface area contributed by atoms with Gasteiger partial charge in [0.2, 0.25) is 0 Å². The molecule has 0 aromatic carbocycles. The molecule has 5 aliphatic rings. The minimum absolute atomic E-state index is 0.0114. The molecule has 0 spiro atoms. The fourth-order valence-corrected chi connectivity index (χ4v) is 11.5. The number of nitrogens with two attached hydrogens (primary N) is 1. The van der Waals surface area contributed by atoms with Gasteiger partial charge in [-0.05, 0) is 136 Å². The number of aliphatic hydroxyl groups is 1. The lowest BCUT2D eigenvalue weighted by molar-refractivity contribution is -0.204. The summed E-state index contributed by atoms with van der Waals surface area (Å²) in [6, 6.07) is 0.0114. The second-order valence-corrected chi connectivity index (χ2v) is 15.5. The summed E-state index contributed by atoms with van der Waals surface area (Å²) >= 11 is 0. The highest BCUT2D eigenvalue weighted by Crippen LogP contribution is 2.74. The smallest absolute Gasteiger partial charge is 0.303 e. The molecule has 5 nitrogen and oxygen atoms in total. The zero-order chi connectivity index (χ0) is 29.4. The predicted octanol–water partition coefficient (Wildman–Crippen LogP) is 6.92. The molecule has 40 heavy (non-hydrogen) atoms. The molecule has 0 radical (unpaired) electrons. The van der Waals surface area contributed by atoms with Crippen LogP contribution in [-0.2, 0) is 14.3 Å². The Bertz CT molecular complexity index is 1120. The normalized spacial score (nSPS) is 48.0. The number of aliphatic hydroxyl groups excluding tert-OH is 1. The second kappa shape index (κ2) is 10.4. The van der Waals surface area contributed by atoms with Crippen LogP contribution in [0.4, 0.5) is 0 Å². The molecule has 5 heteroatoms. The highest BCUT2D eigenvalue weighted by Gasteiger charge is 2.70. The molecule has 0 aliphatic heterocycles. The van der Waals surface area contributed by atoms with Crippen molar-refractivity contribution in [2.75, 3.05) is 0 Å². The van der Waals surface area contributed by atoms with Gasteiger partial charge < -0.3 is 15.6 Å². The van der Waals surface area contributed by atoms with Gasteiger partial charge in [-0.15, -0.1) is 0 Å². The van der Waals surface area contributed by atoms with Gasteiger partial charge in [0, 0.05) is 18.5 Å². The fourth-order valence-electron chi connectivity index (χ4n) is 11.5. The summed E-state index contributed by atoms with van der Waals surface area (Å²) in [5.74, 6) is 1.28. The largest absolute Gasteiger partial charge is 0.458 e. The molecule has 0 aromatic heterocycles. The number of rotatable bonds is 3. The van der Waals surface area contributed by atoms with E-state index in [0.29, 0.717) is 11.8 Å². The minimum Gasteiger partial charge on any atom is -0.458 e. The van der Waals surface area contributed by atoms with Gasteiger partial charge in [-0.3, -0.25) is 9.59 Å². The van der Waals surface area contributed by atoms with Crippen LogP contribution >= 0.6 is 0 Å². The van der Waals surface area contributed by atoms with E-state index in [-0.39, 0.29) is 64.0 Å². The summed E-state index contributed by atoms with van der Waals surface area (Å²) in [6.07, 6.45) is 9.20. The monoisotopic (exact) mass is 553 g/mol. The lowest BCUT2D eigenvalue weighted by atomic mass is 9.36. The lowest BCUT2D eigenvalue weighted by Crippen LogP contribution is -2.67. The van der Waals surface area contributed by atoms with Crippen molar-refractivity contribution in [1.29, 1.82) is 0 Å². The number of carbonyl (C=O) groups excluding carboxylic acids is 2. The van der Waals surface area contributed by atoms with Crippen LogP contribution in [0.15, 0.2) is 22.3 Å². The van der Waals surface area contributed by atoms with Gasteiger partial charge in [0.1, 0.15) is 6.10 Å². The zero-order valence-corrected chi connectivity index (χ0v) is 26.4. The van der Waals surface area contributed by atoms with Crippen molar-refractivity contribution in [3.63, 3.8) is 0 Å². The lowest BCUT2D eigenvalue weighted by Gasteiger charge is -2.69. The van der Waals surface area contributed by atoms with E-state index >= 15 is 0 Å². The van der Waals surface area contributed by atoms with Crippen LogP contribution in [-0.4, -0.2) is 35.1 Å². The molecule has 11 atom stereocenters. The molecule has 3 N–H and O–H groups in total. The van der Waals surface area contributed by atoms with Gasteiger partial charge in [-0.2, -0.15) is 0 Å². The molecule has 5 rings (SSSR count). The van der Waals surface area contributed by atoms with Crippen LogP contribution in [0, 0.1) is 45.8 Å². The summed E-state index contributed by atoms with van der Waals surface area (Å²) < 4.78 is 6.17. The number of hydrogen-bond acceptors (Lipinski definition) is 5. The van der Waals surface area contributed by atoms with Gasteiger partial charge in [0.25, 0.3) is 0 Å². The van der Waals surface area contributed by atoms with Crippen molar-refractivity contribution < 1.29 is 19.4 Å². The van der Waals surface area contributed by atoms with E-state index in [4.69, 9.17) is 10.5 Å². The standard InChI is InChI=1S/C35H55NO4/c1-19(2)23-10-9-11-24(16-23)30(21(4)37)31-26-17-27(36)32-33(6)14-13-28(39)20(3)25(33)12-15-34(32,7)35(26,8)18-29(31)40-22(5)38/h20,24-29,32,39H,9-18,36H2,1-8H3/b31-30+/t20-,24?,25-,26-,27-,28+,29-,32-,33-,34-,35-/m0/s1. The van der Waals surface area contributed by atoms with Gasteiger partial charge in [-0.25, -0.2) is 0 Å². The van der Waals surface area contributed by atoms with E-state index in [1.165, 1.54) is 18.1 Å². The van der Waals surface area contributed by atoms with Crippen molar-refractivity contribution in [2.45, 2.75) is 138 Å². The molecule has 0 amide bonds. The summed E-state index contributed by atoms with van der Waals surface area (Å²) in [4.78, 5) is 26.1. The van der Waals surface area contributed by atoms with Crippen molar-refractivity contribution in [2.24, 2.45) is 51.6 Å². The third-order valence-electron chi connectivity index (χ3n) is 13.4. The maximum Gasteiger partial charge on any atom is 0.303 e. The average Bonchev–Trinajstić information content (AvgIpc) is 3.13. The van der Waals surface area contributed by atoms with Crippen LogP contribution < -0.4 is 5.73 Å². The fraction of sp³-hybridized carbons (Fsp3) is 0.829. The van der Waals surface area contributed by atoms with Gasteiger partial charge in [0.15, 0.2) is 5.78 Å². The van der Waals surface area contributed by atoms with E-state index in [9.17, 15) is 14.7 Å². The molecule has 0 aromatic rings. The maximum atomic E-state index is 13.6. The molecule has 1 unspecified atom stereocenters. The molecule has 0 saturated heterocycles. The predicted molar refractivity (Wildman–Crippen MR) is 159 cm³/mol. The van der Waals surface area contributed by atoms with Crippen molar-refractivity contribution in [3.05, 3.63) is 22.3 Å². The Morgan fingerprint density at radius 2 is 1.70 bits per heavy atom. The van der Waals surface area contributed by atoms with E-state index in [0.717, 1.165) is 75.4 Å². The Balaban J connectivity index is 1.64. The first-order valence-corrected chi connectivity index (χ1v) is 16.2. The van der Waals surface area contributed by atoms with E-state index in [2.05, 4.69) is 41.5 Å². The van der Waals surface area contributed by atoms with Crippen molar-refractivity contribution in [1.82, 2.24) is 0 Å². The molecule has 5 saturated carbocycles. The third kappa shape index (κ3) is 4.39. The first-order valence-electron chi connectivity index (χ1n) is 16.2. The Kier molecular flexibility index (Phi) is 7.78. The average molecular weight is 554 g/mol. The first-order chi connectivity index (χ1) is 18.7. The second-order valence-electron chi connectivity index (χ2n) is 15.5. The number of carbonyl (C=O) groups is 2. The topological polar surface area (TPSA) is 89.6 Å². The molecule has 224 valence electrons. The number of fused-ring (bicyclic) bond motifs is 5. The Morgan fingerprint density at radius 1 is 1.00 bits per heavy atom. The number of hydrogen-bond donors (Lipinski definition) is 2. The Hall–Kier alpha value is -1.46. The summed E-state index contributed by atoms with van der Waals surface area (Å²) in [6.45, 7) is 17.2.